The van der Waals surface area contributed by atoms with Crippen molar-refractivity contribution in [3.63, 3.8) is 0 Å². The number of para-hydroxylation sites is 3. The Kier molecular flexibility index (Phi) is 8.11. The molecule has 0 N–H and O–H groups in total. The van der Waals surface area contributed by atoms with Gasteiger partial charge in [-0.15, -0.1) is 10.2 Å². The Morgan fingerprint density at radius 3 is 1.48 bits per heavy atom. The van der Waals surface area contributed by atoms with Crippen LogP contribution in [0.2, 0.25) is 0 Å². The van der Waals surface area contributed by atoms with Gasteiger partial charge in [-0.1, -0.05) is 176 Å². The molecule has 0 unspecified atom stereocenters. The zero-order chi connectivity index (χ0) is 38.4. The van der Waals surface area contributed by atoms with Crippen molar-refractivity contribution in [3.8, 4) is 67.5 Å². The molecule has 0 saturated carbocycles. The van der Waals surface area contributed by atoms with Gasteiger partial charge in [0, 0.05) is 33.3 Å². The molecule has 0 radical (unpaired) electrons. The van der Waals surface area contributed by atoms with E-state index in [1.807, 2.05) is 6.07 Å². The van der Waals surface area contributed by atoms with Crippen LogP contribution in [0.5, 0.6) is 0 Å². The maximum atomic E-state index is 4.83. The molecule has 58 heavy (non-hydrogen) atoms. The summed E-state index contributed by atoms with van der Waals surface area (Å²) >= 11 is 0. The highest BCUT2D eigenvalue weighted by atomic mass is 15.3. The molecule has 0 aliphatic heterocycles. The van der Waals surface area contributed by atoms with Crippen LogP contribution in [0.15, 0.2) is 218 Å². The summed E-state index contributed by atoms with van der Waals surface area (Å²) in [4.78, 5) is 0. The van der Waals surface area contributed by atoms with Crippen LogP contribution in [-0.4, -0.2) is 19.3 Å². The van der Waals surface area contributed by atoms with Crippen LogP contribution in [0.3, 0.4) is 0 Å². The van der Waals surface area contributed by atoms with E-state index >= 15 is 0 Å². The lowest BCUT2D eigenvalue weighted by Gasteiger charge is -2.16. The number of fused-ring (bicyclic) bond motifs is 4. The molecule has 272 valence electrons. The van der Waals surface area contributed by atoms with Crippen molar-refractivity contribution in [2.75, 3.05) is 0 Å². The van der Waals surface area contributed by atoms with Crippen LogP contribution in [0.1, 0.15) is 0 Å². The normalized spacial score (nSPS) is 11.4. The first-order chi connectivity index (χ1) is 28.8. The van der Waals surface area contributed by atoms with Crippen molar-refractivity contribution in [1.82, 2.24) is 19.3 Å². The van der Waals surface area contributed by atoms with E-state index in [9.17, 15) is 0 Å². The molecule has 4 nitrogen and oxygen atoms in total. The fourth-order valence-corrected chi connectivity index (χ4v) is 8.62. The lowest BCUT2D eigenvalue weighted by molar-refractivity contribution is 1.07. The molecule has 0 spiro atoms. The summed E-state index contributed by atoms with van der Waals surface area (Å²) in [6, 6.07) is 77.7. The van der Waals surface area contributed by atoms with Gasteiger partial charge in [0.05, 0.1) is 11.0 Å². The van der Waals surface area contributed by atoms with Crippen molar-refractivity contribution >= 4 is 32.6 Å². The molecule has 11 rings (SSSR count). The molecule has 4 heteroatoms. The number of benzene rings is 9. The number of rotatable bonds is 7. The van der Waals surface area contributed by atoms with Gasteiger partial charge in [-0.05, 0) is 86.6 Å². The quantitative estimate of drug-likeness (QED) is 0.163. The van der Waals surface area contributed by atoms with Crippen molar-refractivity contribution in [2.45, 2.75) is 0 Å². The maximum absolute atomic E-state index is 4.83. The third-order valence-corrected chi connectivity index (χ3v) is 11.3. The summed E-state index contributed by atoms with van der Waals surface area (Å²) in [6.07, 6.45) is 0. The van der Waals surface area contributed by atoms with Crippen LogP contribution in [0.25, 0.3) is 100 Å². The van der Waals surface area contributed by atoms with E-state index in [0.717, 1.165) is 45.1 Å². The number of nitrogens with zero attached hydrogens (tertiary/aromatic N) is 4. The summed E-state index contributed by atoms with van der Waals surface area (Å²) in [7, 11) is 0. The van der Waals surface area contributed by atoms with Gasteiger partial charge in [-0.3, -0.25) is 4.57 Å². The third-order valence-electron chi connectivity index (χ3n) is 11.3. The zero-order valence-electron chi connectivity index (χ0n) is 31.6. The summed E-state index contributed by atoms with van der Waals surface area (Å²) in [5.41, 5.74) is 13.7. The van der Waals surface area contributed by atoms with Gasteiger partial charge in [0.1, 0.15) is 0 Å². The predicted octanol–water partition coefficient (Wildman–Crippen LogP) is 13.9. The third kappa shape index (κ3) is 5.62. The topological polar surface area (TPSA) is 35.6 Å². The minimum absolute atomic E-state index is 0.795. The molecular formula is C54H36N4. The molecule has 0 aliphatic carbocycles. The van der Waals surface area contributed by atoms with Crippen molar-refractivity contribution in [1.29, 1.82) is 0 Å². The Labute approximate surface area is 336 Å². The van der Waals surface area contributed by atoms with E-state index in [0.29, 0.717) is 0 Å². The Morgan fingerprint density at radius 1 is 0.276 bits per heavy atom. The fraction of sp³-hybridized carbons (Fsp3) is 0. The molecule has 2 heterocycles. The molecule has 2 aromatic heterocycles. The highest BCUT2D eigenvalue weighted by Gasteiger charge is 2.20. The average molecular weight is 741 g/mol. The van der Waals surface area contributed by atoms with E-state index in [1.54, 1.807) is 0 Å². The first kappa shape index (κ1) is 33.5. The molecule has 11 aromatic rings. The van der Waals surface area contributed by atoms with Crippen molar-refractivity contribution in [2.24, 2.45) is 0 Å². The summed E-state index contributed by atoms with van der Waals surface area (Å²) in [5, 5.41) is 14.5. The molecule has 9 aromatic carbocycles. The first-order valence-electron chi connectivity index (χ1n) is 19.7. The van der Waals surface area contributed by atoms with Crippen LogP contribution < -0.4 is 0 Å². The Bertz CT molecular complexity index is 3260. The Hall–Kier alpha value is -7.82. The Balaban J connectivity index is 1.00. The van der Waals surface area contributed by atoms with Crippen molar-refractivity contribution in [3.05, 3.63) is 218 Å². The van der Waals surface area contributed by atoms with Crippen LogP contribution >= 0.6 is 0 Å². The SMILES string of the molecule is c1ccc(-n2c(-c3ccc(-c4ccccc4-c4ccccc4-c4ccc5c(c4)c4ccccc4n5-c4ccccc4)cc3)nnc2-c2cccc3ccccc23)cc1. The van der Waals surface area contributed by atoms with Crippen LogP contribution in [0.4, 0.5) is 0 Å². The monoisotopic (exact) mass is 740 g/mol. The highest BCUT2D eigenvalue weighted by Crippen LogP contribution is 2.41. The number of hydrogen-bond acceptors (Lipinski definition) is 2. The minimum atomic E-state index is 0.795. The summed E-state index contributed by atoms with van der Waals surface area (Å²) in [5.74, 6) is 1.61. The minimum Gasteiger partial charge on any atom is -0.309 e. The second-order valence-corrected chi connectivity index (χ2v) is 14.6. The lowest BCUT2D eigenvalue weighted by Crippen LogP contribution is -2.00. The molecule has 0 amide bonds. The van der Waals surface area contributed by atoms with Gasteiger partial charge >= 0.3 is 0 Å². The van der Waals surface area contributed by atoms with E-state index in [1.165, 1.54) is 55.0 Å². The molecule has 0 aliphatic rings. The standard InChI is InChI=1S/C54H36N4/c1-3-18-41(19-4-1)57-51-29-14-13-27-48(51)50-36-40(34-35-52(50)57)45-24-10-12-26-47(45)46-25-11-9-22-43(46)38-30-32-39(33-31-38)53-55-56-54(58(53)42-20-5-2-6-21-42)49-28-15-17-37-16-7-8-23-44(37)49/h1-36H. The molecule has 0 bridgehead atoms. The smallest absolute Gasteiger partial charge is 0.169 e. The van der Waals surface area contributed by atoms with Gasteiger partial charge in [0.25, 0.3) is 0 Å². The number of aromatic nitrogens is 4. The second kappa shape index (κ2) is 14.0. The van der Waals surface area contributed by atoms with E-state index in [2.05, 4.69) is 221 Å². The molecule has 0 atom stereocenters. The van der Waals surface area contributed by atoms with Gasteiger partial charge in [-0.2, -0.15) is 0 Å². The van der Waals surface area contributed by atoms with Crippen LogP contribution in [0, 0.1) is 0 Å². The molecule has 0 fully saturated rings. The summed E-state index contributed by atoms with van der Waals surface area (Å²) < 4.78 is 4.54. The lowest BCUT2D eigenvalue weighted by atomic mass is 9.89. The van der Waals surface area contributed by atoms with E-state index < -0.39 is 0 Å². The average Bonchev–Trinajstić information content (AvgIpc) is 3.89. The largest absolute Gasteiger partial charge is 0.309 e. The van der Waals surface area contributed by atoms with E-state index in [-0.39, 0.29) is 0 Å². The predicted molar refractivity (Wildman–Crippen MR) is 240 cm³/mol. The zero-order valence-corrected chi connectivity index (χ0v) is 31.6. The maximum Gasteiger partial charge on any atom is 0.169 e. The van der Waals surface area contributed by atoms with E-state index in [4.69, 9.17) is 10.2 Å². The highest BCUT2D eigenvalue weighted by molar-refractivity contribution is 6.11. The van der Waals surface area contributed by atoms with Gasteiger partial charge in [-0.25, -0.2) is 0 Å². The number of hydrogen-bond donors (Lipinski definition) is 0. The Morgan fingerprint density at radius 2 is 0.759 bits per heavy atom. The second-order valence-electron chi connectivity index (χ2n) is 14.6. The van der Waals surface area contributed by atoms with Crippen molar-refractivity contribution < 1.29 is 0 Å². The first-order valence-corrected chi connectivity index (χ1v) is 19.7. The fourth-order valence-electron chi connectivity index (χ4n) is 8.62. The molecular weight excluding hydrogens is 705 g/mol. The van der Waals surface area contributed by atoms with Crippen LogP contribution in [-0.2, 0) is 0 Å². The van der Waals surface area contributed by atoms with Gasteiger partial charge < -0.3 is 4.57 Å². The molecule has 0 saturated heterocycles. The van der Waals surface area contributed by atoms with Gasteiger partial charge in [0.15, 0.2) is 11.6 Å². The van der Waals surface area contributed by atoms with Gasteiger partial charge in [0.2, 0.25) is 0 Å². The summed E-state index contributed by atoms with van der Waals surface area (Å²) in [6.45, 7) is 0.